The first-order valence-corrected chi connectivity index (χ1v) is 6.45. The van der Waals surface area contributed by atoms with Crippen LogP contribution in [-0.2, 0) is 6.54 Å². The average molecular weight is 271 g/mol. The van der Waals surface area contributed by atoms with Crippen LogP contribution in [-0.4, -0.2) is 34.4 Å². The number of amides is 1. The molecule has 0 aromatic carbocycles. The van der Waals surface area contributed by atoms with Crippen LogP contribution >= 0.6 is 0 Å². The number of aromatic nitrogens is 2. The van der Waals surface area contributed by atoms with Gasteiger partial charge in [0.2, 0.25) is 5.88 Å². The van der Waals surface area contributed by atoms with E-state index in [0.717, 1.165) is 5.56 Å². The van der Waals surface area contributed by atoms with Gasteiger partial charge in [-0.15, -0.1) is 0 Å². The number of hydrogen-bond donors (Lipinski definition) is 0. The lowest BCUT2D eigenvalue weighted by Crippen LogP contribution is -2.27. The van der Waals surface area contributed by atoms with Crippen LogP contribution in [0.1, 0.15) is 23.0 Å². The van der Waals surface area contributed by atoms with Crippen molar-refractivity contribution in [2.45, 2.75) is 13.5 Å². The molecule has 1 amide bonds. The fourth-order valence-corrected chi connectivity index (χ4v) is 1.82. The quantitative estimate of drug-likeness (QED) is 0.836. The van der Waals surface area contributed by atoms with Crippen LogP contribution in [0, 0.1) is 0 Å². The van der Waals surface area contributed by atoms with Crippen molar-refractivity contribution < 1.29 is 9.53 Å². The summed E-state index contributed by atoms with van der Waals surface area (Å²) in [6.45, 7) is 2.88. The summed E-state index contributed by atoms with van der Waals surface area (Å²) in [6, 6.07) is 9.01. The number of hydrogen-bond acceptors (Lipinski definition) is 4. The summed E-state index contributed by atoms with van der Waals surface area (Å²) in [7, 11) is 1.74. The third-order valence-electron chi connectivity index (χ3n) is 2.77. The molecule has 0 aliphatic heterocycles. The molecule has 2 rings (SSSR count). The lowest BCUT2D eigenvalue weighted by Gasteiger charge is -2.18. The molecule has 0 spiro atoms. The molecule has 0 aliphatic carbocycles. The van der Waals surface area contributed by atoms with Crippen LogP contribution in [0.2, 0.25) is 0 Å². The zero-order valence-corrected chi connectivity index (χ0v) is 11.6. The Bertz CT molecular complexity index is 572. The van der Waals surface area contributed by atoms with E-state index in [1.807, 2.05) is 19.1 Å². The van der Waals surface area contributed by atoms with Crippen LogP contribution in [0.5, 0.6) is 5.88 Å². The monoisotopic (exact) mass is 271 g/mol. The predicted molar refractivity (Wildman–Crippen MR) is 75.4 cm³/mol. The van der Waals surface area contributed by atoms with Crippen molar-refractivity contribution in [1.82, 2.24) is 14.9 Å². The van der Waals surface area contributed by atoms with Gasteiger partial charge in [0.05, 0.1) is 13.2 Å². The number of carbonyl (C=O) groups is 1. The van der Waals surface area contributed by atoms with Crippen molar-refractivity contribution in [3.8, 4) is 5.88 Å². The Morgan fingerprint density at radius 1 is 1.20 bits per heavy atom. The topological polar surface area (TPSA) is 55.3 Å². The number of ether oxygens (including phenoxy) is 1. The van der Waals surface area contributed by atoms with Crippen molar-refractivity contribution in [2.24, 2.45) is 0 Å². The highest BCUT2D eigenvalue weighted by molar-refractivity contribution is 5.92. The van der Waals surface area contributed by atoms with Gasteiger partial charge in [-0.1, -0.05) is 12.1 Å². The third-order valence-corrected chi connectivity index (χ3v) is 2.77. The summed E-state index contributed by atoms with van der Waals surface area (Å²) < 4.78 is 5.46. The summed E-state index contributed by atoms with van der Waals surface area (Å²) in [6.07, 6.45) is 3.28. The molecule has 5 nitrogen and oxygen atoms in total. The molecular formula is C15H17N3O2. The Morgan fingerprint density at radius 2 is 2.00 bits per heavy atom. The molecule has 0 N–H and O–H groups in total. The van der Waals surface area contributed by atoms with Gasteiger partial charge in [0.15, 0.2) is 0 Å². The largest absolute Gasteiger partial charge is 0.478 e. The summed E-state index contributed by atoms with van der Waals surface area (Å²) in [5.41, 5.74) is 1.30. The van der Waals surface area contributed by atoms with E-state index in [9.17, 15) is 4.79 Å². The second-order valence-electron chi connectivity index (χ2n) is 4.28. The molecule has 0 radical (unpaired) electrons. The van der Waals surface area contributed by atoms with Crippen molar-refractivity contribution in [1.29, 1.82) is 0 Å². The lowest BCUT2D eigenvalue weighted by atomic mass is 10.2. The SMILES string of the molecule is CCOc1ncccc1CN(C)C(=O)c1ccccn1. The minimum Gasteiger partial charge on any atom is -0.478 e. The lowest BCUT2D eigenvalue weighted by molar-refractivity contribution is 0.0778. The number of pyridine rings is 2. The van der Waals surface area contributed by atoms with E-state index in [-0.39, 0.29) is 5.91 Å². The van der Waals surface area contributed by atoms with E-state index in [1.54, 1.807) is 42.5 Å². The van der Waals surface area contributed by atoms with Gasteiger partial charge in [-0.2, -0.15) is 0 Å². The van der Waals surface area contributed by atoms with Crippen LogP contribution in [0.4, 0.5) is 0 Å². The van der Waals surface area contributed by atoms with Crippen LogP contribution in [0.15, 0.2) is 42.7 Å². The maximum atomic E-state index is 12.2. The standard InChI is InChI=1S/C15H17N3O2/c1-3-20-14-12(7-6-10-17-14)11-18(2)15(19)13-8-4-5-9-16-13/h4-10H,3,11H2,1-2H3. The van der Waals surface area contributed by atoms with Crippen molar-refractivity contribution in [3.05, 3.63) is 54.0 Å². The van der Waals surface area contributed by atoms with Gasteiger partial charge in [-0.05, 0) is 25.1 Å². The maximum Gasteiger partial charge on any atom is 0.272 e. The van der Waals surface area contributed by atoms with E-state index in [2.05, 4.69) is 9.97 Å². The fourth-order valence-electron chi connectivity index (χ4n) is 1.82. The van der Waals surface area contributed by atoms with Gasteiger partial charge in [0, 0.05) is 25.0 Å². The minimum absolute atomic E-state index is 0.128. The Kier molecular flexibility index (Phi) is 4.65. The summed E-state index contributed by atoms with van der Waals surface area (Å²) in [5.74, 6) is 0.438. The third kappa shape index (κ3) is 3.32. The first kappa shape index (κ1) is 14.0. The van der Waals surface area contributed by atoms with Gasteiger partial charge in [-0.25, -0.2) is 4.98 Å². The van der Waals surface area contributed by atoms with E-state index >= 15 is 0 Å². The second-order valence-corrected chi connectivity index (χ2v) is 4.28. The first-order valence-electron chi connectivity index (χ1n) is 6.45. The van der Waals surface area contributed by atoms with Crippen molar-refractivity contribution in [3.63, 3.8) is 0 Å². The van der Waals surface area contributed by atoms with Crippen LogP contribution in [0.3, 0.4) is 0 Å². The molecule has 0 saturated heterocycles. The molecule has 0 unspecified atom stereocenters. The van der Waals surface area contributed by atoms with E-state index in [0.29, 0.717) is 24.7 Å². The van der Waals surface area contributed by atoms with E-state index < -0.39 is 0 Å². The Labute approximate surface area is 118 Å². The molecule has 0 atom stereocenters. The van der Waals surface area contributed by atoms with Crippen LogP contribution in [0.25, 0.3) is 0 Å². The smallest absolute Gasteiger partial charge is 0.272 e. The normalized spacial score (nSPS) is 10.1. The predicted octanol–water partition coefficient (Wildman–Crippen LogP) is 2.15. The minimum atomic E-state index is -0.128. The summed E-state index contributed by atoms with van der Waals surface area (Å²) in [5, 5.41) is 0. The fraction of sp³-hybridized carbons (Fsp3) is 0.267. The Balaban J connectivity index is 2.12. The number of carbonyl (C=O) groups excluding carboxylic acids is 1. The molecule has 2 aromatic heterocycles. The second kappa shape index (κ2) is 6.65. The van der Waals surface area contributed by atoms with Gasteiger partial charge in [-0.3, -0.25) is 9.78 Å². The molecule has 20 heavy (non-hydrogen) atoms. The molecule has 2 aromatic rings. The summed E-state index contributed by atoms with van der Waals surface area (Å²) in [4.78, 5) is 22.1. The maximum absolute atomic E-state index is 12.2. The van der Waals surface area contributed by atoms with Gasteiger partial charge >= 0.3 is 0 Å². The van der Waals surface area contributed by atoms with Crippen molar-refractivity contribution >= 4 is 5.91 Å². The zero-order chi connectivity index (χ0) is 14.4. The van der Waals surface area contributed by atoms with Crippen LogP contribution < -0.4 is 4.74 Å². The Hall–Kier alpha value is -2.43. The average Bonchev–Trinajstić information content (AvgIpc) is 2.49. The highest BCUT2D eigenvalue weighted by Gasteiger charge is 2.15. The highest BCUT2D eigenvalue weighted by atomic mass is 16.5. The first-order chi connectivity index (χ1) is 9.72. The summed E-state index contributed by atoms with van der Waals surface area (Å²) >= 11 is 0. The van der Waals surface area contributed by atoms with Gasteiger partial charge < -0.3 is 9.64 Å². The van der Waals surface area contributed by atoms with Crippen molar-refractivity contribution in [2.75, 3.05) is 13.7 Å². The van der Waals surface area contributed by atoms with E-state index in [4.69, 9.17) is 4.74 Å². The zero-order valence-electron chi connectivity index (χ0n) is 11.6. The number of rotatable bonds is 5. The Morgan fingerprint density at radius 3 is 2.70 bits per heavy atom. The molecule has 2 heterocycles. The highest BCUT2D eigenvalue weighted by Crippen LogP contribution is 2.16. The molecule has 0 fully saturated rings. The van der Waals surface area contributed by atoms with Gasteiger partial charge in [0.25, 0.3) is 5.91 Å². The molecular weight excluding hydrogens is 254 g/mol. The molecule has 0 aliphatic rings. The molecule has 5 heteroatoms. The van der Waals surface area contributed by atoms with E-state index in [1.165, 1.54) is 0 Å². The molecule has 104 valence electrons. The molecule has 0 bridgehead atoms. The van der Waals surface area contributed by atoms with Gasteiger partial charge in [0.1, 0.15) is 5.69 Å². The number of nitrogens with zero attached hydrogens (tertiary/aromatic N) is 3. The molecule has 0 saturated carbocycles.